The van der Waals surface area contributed by atoms with Crippen LogP contribution in [0.25, 0.3) is 0 Å². The molecular formula is C15H15F2N3O. The highest BCUT2D eigenvalue weighted by molar-refractivity contribution is 6.03. The Hall–Kier alpha value is -2.50. The molecule has 0 aliphatic heterocycles. The molecule has 21 heavy (non-hydrogen) atoms. The summed E-state index contributed by atoms with van der Waals surface area (Å²) in [6.07, 6.45) is 0.937. The van der Waals surface area contributed by atoms with E-state index in [1.54, 1.807) is 18.2 Å². The third-order valence-corrected chi connectivity index (χ3v) is 2.72. The van der Waals surface area contributed by atoms with Gasteiger partial charge in [0.05, 0.1) is 0 Å². The van der Waals surface area contributed by atoms with Gasteiger partial charge in [-0.3, -0.25) is 4.79 Å². The van der Waals surface area contributed by atoms with Crippen molar-refractivity contribution in [2.75, 3.05) is 17.2 Å². The highest BCUT2D eigenvalue weighted by Gasteiger charge is 2.10. The molecule has 4 nitrogen and oxygen atoms in total. The van der Waals surface area contributed by atoms with Crippen LogP contribution in [0.4, 0.5) is 20.3 Å². The van der Waals surface area contributed by atoms with Crippen LogP contribution in [0.1, 0.15) is 23.8 Å². The Morgan fingerprint density at radius 1 is 1.19 bits per heavy atom. The largest absolute Gasteiger partial charge is 0.370 e. The van der Waals surface area contributed by atoms with Gasteiger partial charge in [-0.1, -0.05) is 13.0 Å². The predicted molar refractivity (Wildman–Crippen MR) is 77.3 cm³/mol. The van der Waals surface area contributed by atoms with E-state index < -0.39 is 17.5 Å². The lowest BCUT2D eigenvalue weighted by atomic mass is 10.2. The number of hydrogen-bond donors (Lipinski definition) is 2. The number of carbonyl (C=O) groups excluding carboxylic acids is 1. The van der Waals surface area contributed by atoms with Gasteiger partial charge >= 0.3 is 0 Å². The van der Waals surface area contributed by atoms with E-state index >= 15 is 0 Å². The summed E-state index contributed by atoms with van der Waals surface area (Å²) in [5, 5.41) is 5.54. The van der Waals surface area contributed by atoms with E-state index in [1.807, 2.05) is 6.92 Å². The number of hydrogen-bond acceptors (Lipinski definition) is 3. The summed E-state index contributed by atoms with van der Waals surface area (Å²) in [4.78, 5) is 16.2. The average Bonchev–Trinajstić information content (AvgIpc) is 2.49. The summed E-state index contributed by atoms with van der Waals surface area (Å²) >= 11 is 0. The number of benzene rings is 1. The van der Waals surface area contributed by atoms with E-state index in [0.717, 1.165) is 25.1 Å². The number of aromatic nitrogens is 1. The van der Waals surface area contributed by atoms with Crippen molar-refractivity contribution in [1.82, 2.24) is 4.98 Å². The first kappa shape index (κ1) is 14.9. The molecule has 6 heteroatoms. The summed E-state index contributed by atoms with van der Waals surface area (Å²) in [5.41, 5.74) is 0.369. The van der Waals surface area contributed by atoms with Gasteiger partial charge in [0.25, 0.3) is 5.91 Å². The normalized spacial score (nSPS) is 10.2. The monoisotopic (exact) mass is 291 g/mol. The van der Waals surface area contributed by atoms with Crippen molar-refractivity contribution >= 4 is 17.4 Å². The number of rotatable bonds is 5. The number of pyridine rings is 1. The summed E-state index contributed by atoms with van der Waals surface area (Å²) < 4.78 is 25.9. The molecule has 1 aromatic carbocycles. The maximum absolute atomic E-state index is 13.1. The van der Waals surface area contributed by atoms with Gasteiger partial charge in [-0.2, -0.15) is 0 Å². The smallest absolute Gasteiger partial charge is 0.274 e. The van der Waals surface area contributed by atoms with E-state index in [2.05, 4.69) is 15.6 Å². The van der Waals surface area contributed by atoms with Crippen molar-refractivity contribution in [1.29, 1.82) is 0 Å². The average molecular weight is 291 g/mol. The lowest BCUT2D eigenvalue weighted by Gasteiger charge is -2.07. The molecule has 0 saturated carbocycles. The van der Waals surface area contributed by atoms with Crippen molar-refractivity contribution in [2.24, 2.45) is 0 Å². The van der Waals surface area contributed by atoms with Gasteiger partial charge in [0.1, 0.15) is 11.5 Å². The summed E-state index contributed by atoms with van der Waals surface area (Å²) in [6, 6.07) is 8.17. The van der Waals surface area contributed by atoms with Crippen LogP contribution in [0, 0.1) is 11.6 Å². The van der Waals surface area contributed by atoms with E-state index in [1.165, 1.54) is 6.07 Å². The first-order valence-electron chi connectivity index (χ1n) is 6.57. The van der Waals surface area contributed by atoms with Crippen LogP contribution in [0.5, 0.6) is 0 Å². The van der Waals surface area contributed by atoms with Crippen molar-refractivity contribution in [3.8, 4) is 0 Å². The molecule has 0 saturated heterocycles. The Labute approximate surface area is 121 Å². The predicted octanol–water partition coefficient (Wildman–Crippen LogP) is 3.43. The first-order valence-corrected chi connectivity index (χ1v) is 6.57. The quantitative estimate of drug-likeness (QED) is 0.887. The molecule has 0 aliphatic rings. The van der Waals surface area contributed by atoms with Crippen molar-refractivity contribution in [3.63, 3.8) is 0 Å². The first-order chi connectivity index (χ1) is 10.1. The molecule has 1 amide bonds. The Bertz CT molecular complexity index is 647. The molecule has 2 rings (SSSR count). The van der Waals surface area contributed by atoms with Gasteiger partial charge in [-0.25, -0.2) is 13.8 Å². The lowest BCUT2D eigenvalue weighted by molar-refractivity contribution is 0.102. The minimum absolute atomic E-state index is 0.174. The van der Waals surface area contributed by atoms with E-state index in [4.69, 9.17) is 0 Å². The molecule has 0 atom stereocenters. The zero-order valence-corrected chi connectivity index (χ0v) is 11.5. The zero-order chi connectivity index (χ0) is 15.2. The fraction of sp³-hybridized carbons (Fsp3) is 0.200. The number of nitrogens with zero attached hydrogens (tertiary/aromatic N) is 1. The lowest BCUT2D eigenvalue weighted by Crippen LogP contribution is -2.15. The second kappa shape index (κ2) is 6.78. The highest BCUT2D eigenvalue weighted by atomic mass is 19.2. The fourth-order valence-electron chi connectivity index (χ4n) is 1.68. The molecule has 2 N–H and O–H groups in total. The zero-order valence-electron chi connectivity index (χ0n) is 11.5. The van der Waals surface area contributed by atoms with E-state index in [9.17, 15) is 13.6 Å². The maximum Gasteiger partial charge on any atom is 0.274 e. The third-order valence-electron chi connectivity index (χ3n) is 2.72. The molecule has 1 heterocycles. The van der Waals surface area contributed by atoms with Crippen molar-refractivity contribution < 1.29 is 13.6 Å². The Morgan fingerprint density at radius 2 is 2.00 bits per heavy atom. The Kier molecular flexibility index (Phi) is 4.81. The SMILES string of the molecule is CCCNc1cccc(C(=O)Nc2ccc(F)c(F)c2)n1. The number of carbonyl (C=O) groups is 1. The van der Waals surface area contributed by atoms with Gasteiger partial charge in [-0.05, 0) is 30.7 Å². The topological polar surface area (TPSA) is 54.0 Å². The second-order valence-electron chi connectivity index (χ2n) is 4.42. The van der Waals surface area contributed by atoms with Crippen molar-refractivity contribution in [2.45, 2.75) is 13.3 Å². The van der Waals surface area contributed by atoms with Crippen LogP contribution in [-0.4, -0.2) is 17.4 Å². The molecule has 0 radical (unpaired) electrons. The molecular weight excluding hydrogens is 276 g/mol. The van der Waals surface area contributed by atoms with E-state index in [-0.39, 0.29) is 11.4 Å². The molecule has 0 spiro atoms. The van der Waals surface area contributed by atoms with Gasteiger partial charge in [0, 0.05) is 18.3 Å². The third kappa shape index (κ3) is 3.98. The Balaban J connectivity index is 2.10. The summed E-state index contributed by atoms with van der Waals surface area (Å²) in [7, 11) is 0. The molecule has 2 aromatic rings. The Morgan fingerprint density at radius 3 is 2.71 bits per heavy atom. The molecule has 0 unspecified atom stereocenters. The van der Waals surface area contributed by atoms with Gasteiger partial charge in [-0.15, -0.1) is 0 Å². The fourth-order valence-corrected chi connectivity index (χ4v) is 1.68. The molecule has 0 fully saturated rings. The van der Waals surface area contributed by atoms with Gasteiger partial charge in [0.2, 0.25) is 0 Å². The van der Waals surface area contributed by atoms with Crippen LogP contribution in [0.2, 0.25) is 0 Å². The summed E-state index contributed by atoms with van der Waals surface area (Å²) in [5.74, 6) is -1.87. The standard InChI is InChI=1S/C15H15F2N3O/c1-2-8-18-14-5-3-4-13(20-14)15(21)19-10-6-7-11(16)12(17)9-10/h3-7,9H,2,8H2,1H3,(H,18,20)(H,19,21). The summed E-state index contributed by atoms with van der Waals surface area (Å²) in [6.45, 7) is 2.77. The van der Waals surface area contributed by atoms with Crippen molar-refractivity contribution in [3.05, 3.63) is 53.7 Å². The highest BCUT2D eigenvalue weighted by Crippen LogP contribution is 2.14. The molecule has 110 valence electrons. The molecule has 0 bridgehead atoms. The van der Waals surface area contributed by atoms with Crippen LogP contribution >= 0.6 is 0 Å². The number of anilines is 2. The van der Waals surface area contributed by atoms with Crippen LogP contribution in [0.15, 0.2) is 36.4 Å². The number of nitrogens with one attached hydrogen (secondary N) is 2. The van der Waals surface area contributed by atoms with Crippen LogP contribution in [0.3, 0.4) is 0 Å². The van der Waals surface area contributed by atoms with Crippen LogP contribution < -0.4 is 10.6 Å². The number of amides is 1. The van der Waals surface area contributed by atoms with Crippen LogP contribution in [-0.2, 0) is 0 Å². The minimum atomic E-state index is -1.01. The minimum Gasteiger partial charge on any atom is -0.370 e. The van der Waals surface area contributed by atoms with Gasteiger partial charge in [0.15, 0.2) is 11.6 Å². The van der Waals surface area contributed by atoms with E-state index in [0.29, 0.717) is 5.82 Å². The second-order valence-corrected chi connectivity index (χ2v) is 4.42. The van der Waals surface area contributed by atoms with Gasteiger partial charge < -0.3 is 10.6 Å². The number of halogens is 2. The molecule has 0 aliphatic carbocycles. The molecule has 1 aromatic heterocycles. The maximum atomic E-state index is 13.1.